The van der Waals surface area contributed by atoms with Crippen LogP contribution < -0.4 is 5.32 Å². The van der Waals surface area contributed by atoms with Gasteiger partial charge < -0.3 is 15.0 Å². The lowest BCUT2D eigenvalue weighted by atomic mass is 9.90. The highest BCUT2D eigenvalue weighted by molar-refractivity contribution is 6.05. The van der Waals surface area contributed by atoms with Gasteiger partial charge in [-0.1, -0.05) is 23.8 Å². The molecule has 0 aliphatic carbocycles. The molecule has 2 amide bonds. The zero-order chi connectivity index (χ0) is 26.0. The smallest absolute Gasteiger partial charge is 0.410 e. The number of anilines is 1. The normalized spacial score (nSPS) is 14.6. The maximum absolute atomic E-state index is 14.1. The van der Waals surface area contributed by atoms with Gasteiger partial charge in [0, 0.05) is 24.7 Å². The van der Waals surface area contributed by atoms with Gasteiger partial charge in [0.2, 0.25) is 0 Å². The van der Waals surface area contributed by atoms with Crippen LogP contribution in [-0.4, -0.2) is 45.4 Å². The lowest BCUT2D eigenvalue weighted by Gasteiger charge is -2.34. The van der Waals surface area contributed by atoms with E-state index in [1.54, 1.807) is 34.8 Å². The van der Waals surface area contributed by atoms with E-state index in [-0.39, 0.29) is 23.7 Å². The molecular formula is C28H33FN4O3. The van der Waals surface area contributed by atoms with Crippen molar-refractivity contribution in [3.8, 4) is 5.69 Å². The lowest BCUT2D eigenvalue weighted by molar-refractivity contribution is 0.0203. The second-order valence-electron chi connectivity index (χ2n) is 10.4. The number of hydrogen-bond donors (Lipinski definition) is 1. The molecule has 36 heavy (non-hydrogen) atoms. The average Bonchev–Trinajstić information content (AvgIpc) is 3.26. The van der Waals surface area contributed by atoms with Gasteiger partial charge >= 0.3 is 6.09 Å². The molecule has 7 nitrogen and oxygen atoms in total. The Labute approximate surface area is 211 Å². The number of piperidine rings is 1. The van der Waals surface area contributed by atoms with E-state index in [2.05, 4.69) is 10.4 Å². The van der Waals surface area contributed by atoms with E-state index in [0.29, 0.717) is 42.7 Å². The van der Waals surface area contributed by atoms with Crippen LogP contribution in [0.1, 0.15) is 66.7 Å². The summed E-state index contributed by atoms with van der Waals surface area (Å²) in [5.41, 5.74) is 3.54. The van der Waals surface area contributed by atoms with E-state index in [1.165, 1.54) is 6.07 Å². The number of rotatable bonds is 4. The second kappa shape index (κ2) is 10.1. The molecule has 1 saturated heterocycles. The van der Waals surface area contributed by atoms with Crippen LogP contribution in [0.15, 0.2) is 48.7 Å². The molecule has 1 aliphatic heterocycles. The highest BCUT2D eigenvalue weighted by Crippen LogP contribution is 2.33. The quantitative estimate of drug-likeness (QED) is 0.485. The third-order valence-electron chi connectivity index (χ3n) is 6.29. The van der Waals surface area contributed by atoms with Gasteiger partial charge in [0.25, 0.3) is 5.91 Å². The number of amides is 2. The van der Waals surface area contributed by atoms with Gasteiger partial charge in [-0.15, -0.1) is 0 Å². The number of benzene rings is 2. The summed E-state index contributed by atoms with van der Waals surface area (Å²) in [4.78, 5) is 27.6. The first-order chi connectivity index (χ1) is 17.0. The molecule has 8 heteroatoms. The molecule has 4 rings (SSSR count). The van der Waals surface area contributed by atoms with E-state index >= 15 is 0 Å². The Morgan fingerprint density at radius 1 is 1.06 bits per heavy atom. The molecule has 1 aromatic heterocycles. The number of likely N-dealkylation sites (tertiary alicyclic amines) is 1. The van der Waals surface area contributed by atoms with Crippen molar-refractivity contribution in [2.45, 2.75) is 59.0 Å². The summed E-state index contributed by atoms with van der Waals surface area (Å²) in [7, 11) is 0. The number of hydrogen-bond acceptors (Lipinski definition) is 4. The van der Waals surface area contributed by atoms with Crippen LogP contribution in [0.4, 0.5) is 14.9 Å². The Bertz CT molecular complexity index is 1250. The molecule has 2 aromatic carbocycles. The van der Waals surface area contributed by atoms with Gasteiger partial charge in [0.1, 0.15) is 11.4 Å². The molecule has 1 aliphatic rings. The zero-order valence-electron chi connectivity index (χ0n) is 21.5. The topological polar surface area (TPSA) is 76.5 Å². The van der Waals surface area contributed by atoms with Crippen molar-refractivity contribution in [3.05, 3.63) is 76.9 Å². The van der Waals surface area contributed by atoms with Crippen molar-refractivity contribution in [1.82, 2.24) is 14.7 Å². The number of carbonyl (C=O) groups is 2. The maximum atomic E-state index is 14.1. The number of halogens is 1. The number of nitrogens with zero attached hydrogens (tertiary/aromatic N) is 3. The van der Waals surface area contributed by atoms with Crippen molar-refractivity contribution >= 4 is 17.7 Å². The van der Waals surface area contributed by atoms with Crippen molar-refractivity contribution in [2.75, 3.05) is 18.4 Å². The first-order valence-electron chi connectivity index (χ1n) is 12.2. The van der Waals surface area contributed by atoms with Crippen LogP contribution in [-0.2, 0) is 4.74 Å². The molecule has 0 unspecified atom stereocenters. The largest absolute Gasteiger partial charge is 0.444 e. The van der Waals surface area contributed by atoms with E-state index in [4.69, 9.17) is 4.74 Å². The second-order valence-corrected chi connectivity index (χ2v) is 10.4. The van der Waals surface area contributed by atoms with Gasteiger partial charge in [-0.25, -0.2) is 13.9 Å². The van der Waals surface area contributed by atoms with Crippen LogP contribution in [0, 0.1) is 19.7 Å². The van der Waals surface area contributed by atoms with Crippen molar-refractivity contribution in [1.29, 1.82) is 0 Å². The fourth-order valence-corrected chi connectivity index (χ4v) is 4.35. The molecular weight excluding hydrogens is 459 g/mol. The molecule has 3 aromatic rings. The monoisotopic (exact) mass is 492 g/mol. The Hall–Kier alpha value is -3.68. The highest BCUT2D eigenvalue weighted by atomic mass is 19.1. The molecule has 0 saturated carbocycles. The number of nitrogens with one attached hydrogen (secondary N) is 1. The molecule has 1 N–H and O–H groups in total. The summed E-state index contributed by atoms with van der Waals surface area (Å²) < 4.78 is 21.4. The third-order valence-corrected chi connectivity index (χ3v) is 6.29. The van der Waals surface area contributed by atoms with Crippen molar-refractivity contribution < 1.29 is 18.7 Å². The average molecular weight is 493 g/mol. The summed E-state index contributed by atoms with van der Waals surface area (Å²) in [6.45, 7) is 10.3. The van der Waals surface area contributed by atoms with Gasteiger partial charge in [0.05, 0.1) is 23.1 Å². The minimum Gasteiger partial charge on any atom is -0.444 e. The molecule has 0 spiro atoms. The summed E-state index contributed by atoms with van der Waals surface area (Å²) in [6, 6.07) is 12.6. The minimum atomic E-state index is -0.557. The van der Waals surface area contributed by atoms with Crippen LogP contribution in [0.3, 0.4) is 0 Å². The maximum Gasteiger partial charge on any atom is 0.410 e. The number of carbonyl (C=O) groups excluding carboxylic acids is 2. The molecule has 0 bridgehead atoms. The van der Waals surface area contributed by atoms with Crippen molar-refractivity contribution in [2.24, 2.45) is 0 Å². The highest BCUT2D eigenvalue weighted by Gasteiger charge is 2.32. The van der Waals surface area contributed by atoms with Gasteiger partial charge in [-0.3, -0.25) is 4.79 Å². The molecule has 1 fully saturated rings. The number of ether oxygens (including phenoxy) is 1. The fourth-order valence-electron chi connectivity index (χ4n) is 4.35. The standard InChI is InChI=1S/C28H33FN4O3/c1-18-6-10-22(11-7-18)33-25(20-12-14-32(15-13-20)27(35)36-28(3,4)5)23(17-30-33)26(34)31-21-9-8-19(2)24(29)16-21/h6-11,16-17,20H,12-15H2,1-5H3,(H,31,34). The van der Waals surface area contributed by atoms with Crippen LogP contribution in [0.2, 0.25) is 0 Å². The van der Waals surface area contributed by atoms with Crippen LogP contribution in [0.5, 0.6) is 0 Å². The van der Waals surface area contributed by atoms with Gasteiger partial charge in [-0.05, 0) is 77.3 Å². The summed E-state index contributed by atoms with van der Waals surface area (Å²) in [5.74, 6) is -0.720. The van der Waals surface area contributed by atoms with E-state index in [9.17, 15) is 14.0 Å². The predicted octanol–water partition coefficient (Wildman–Crippen LogP) is 6.00. The van der Waals surface area contributed by atoms with E-state index < -0.39 is 5.60 Å². The number of aryl methyl sites for hydroxylation is 2. The summed E-state index contributed by atoms with van der Waals surface area (Å²) in [6.07, 6.45) is 2.56. The minimum absolute atomic E-state index is 0.00277. The SMILES string of the molecule is Cc1ccc(-n2ncc(C(=O)Nc3ccc(C)c(F)c3)c2C2CCN(C(=O)OC(C)(C)C)CC2)cc1. The van der Waals surface area contributed by atoms with E-state index in [1.807, 2.05) is 52.0 Å². The Kier molecular flexibility index (Phi) is 7.15. The first kappa shape index (κ1) is 25.4. The Morgan fingerprint density at radius 2 is 1.72 bits per heavy atom. The van der Waals surface area contributed by atoms with Crippen molar-refractivity contribution in [3.63, 3.8) is 0 Å². The Morgan fingerprint density at radius 3 is 2.33 bits per heavy atom. The van der Waals surface area contributed by atoms with Crippen LogP contribution in [0.25, 0.3) is 5.69 Å². The summed E-state index contributed by atoms with van der Waals surface area (Å²) in [5, 5.41) is 7.38. The first-order valence-corrected chi connectivity index (χ1v) is 12.2. The van der Waals surface area contributed by atoms with Gasteiger partial charge in [-0.2, -0.15) is 5.10 Å². The third kappa shape index (κ3) is 5.75. The molecule has 0 atom stereocenters. The Balaban J connectivity index is 1.61. The lowest BCUT2D eigenvalue weighted by Crippen LogP contribution is -2.41. The molecule has 0 radical (unpaired) electrons. The summed E-state index contributed by atoms with van der Waals surface area (Å²) >= 11 is 0. The van der Waals surface area contributed by atoms with E-state index in [0.717, 1.165) is 16.9 Å². The predicted molar refractivity (Wildman–Crippen MR) is 137 cm³/mol. The zero-order valence-corrected chi connectivity index (χ0v) is 21.5. The molecule has 190 valence electrons. The number of aromatic nitrogens is 2. The fraction of sp³-hybridized carbons (Fsp3) is 0.393. The van der Waals surface area contributed by atoms with Crippen LogP contribution >= 0.6 is 0 Å². The molecule has 2 heterocycles. The van der Waals surface area contributed by atoms with Gasteiger partial charge in [0.15, 0.2) is 0 Å².